The van der Waals surface area contributed by atoms with Crippen LogP contribution in [0.15, 0.2) is 36.2 Å². The molecule has 0 radical (unpaired) electrons. The van der Waals surface area contributed by atoms with E-state index in [0.29, 0.717) is 5.95 Å². The van der Waals surface area contributed by atoms with Gasteiger partial charge < -0.3 is 20.7 Å². The van der Waals surface area contributed by atoms with E-state index in [2.05, 4.69) is 15.3 Å². The van der Waals surface area contributed by atoms with Crippen molar-refractivity contribution < 1.29 is 4.79 Å². The Morgan fingerprint density at radius 2 is 2.12 bits per heavy atom. The Bertz CT molecular complexity index is 820. The van der Waals surface area contributed by atoms with Gasteiger partial charge >= 0.3 is 0 Å². The number of nitrogen functional groups attached to an aromatic ring is 1. The van der Waals surface area contributed by atoms with Gasteiger partial charge in [0.25, 0.3) is 0 Å². The van der Waals surface area contributed by atoms with Gasteiger partial charge in [-0.2, -0.15) is 0 Å². The van der Waals surface area contributed by atoms with Gasteiger partial charge in [0, 0.05) is 30.3 Å². The summed E-state index contributed by atoms with van der Waals surface area (Å²) in [5, 5.41) is 2.96. The summed E-state index contributed by atoms with van der Waals surface area (Å²) in [4.78, 5) is 22.9. The fraction of sp³-hybridized carbons (Fsp3) is 0.235. The van der Waals surface area contributed by atoms with Gasteiger partial charge in [0.1, 0.15) is 5.37 Å². The van der Waals surface area contributed by atoms with Crippen molar-refractivity contribution in [3.63, 3.8) is 0 Å². The molecule has 6 nitrogen and oxygen atoms in total. The SMILES string of the molecule is CC1=C(c2ccnc(Nc3ccc(C)c(N)c3)n2)SC(C=O)N1C. The number of nitrogens with one attached hydrogen (secondary N) is 1. The molecule has 24 heavy (non-hydrogen) atoms. The lowest BCUT2D eigenvalue weighted by atomic mass is 10.2. The van der Waals surface area contributed by atoms with E-state index in [1.165, 1.54) is 11.8 Å². The average Bonchev–Trinajstić information content (AvgIpc) is 2.86. The van der Waals surface area contributed by atoms with E-state index < -0.39 is 0 Å². The monoisotopic (exact) mass is 341 g/mol. The van der Waals surface area contributed by atoms with Gasteiger partial charge in [0.2, 0.25) is 5.95 Å². The van der Waals surface area contributed by atoms with Crippen LogP contribution in [0.3, 0.4) is 0 Å². The summed E-state index contributed by atoms with van der Waals surface area (Å²) in [6, 6.07) is 7.59. The number of benzene rings is 1. The summed E-state index contributed by atoms with van der Waals surface area (Å²) in [7, 11) is 1.91. The van der Waals surface area contributed by atoms with E-state index in [1.807, 2.05) is 50.1 Å². The first-order valence-corrected chi connectivity index (χ1v) is 8.40. The van der Waals surface area contributed by atoms with Crippen molar-refractivity contribution >= 4 is 40.3 Å². The third-order valence-electron chi connectivity index (χ3n) is 4.02. The number of rotatable bonds is 4. The molecule has 124 valence electrons. The number of carbonyl (C=O) groups excluding carboxylic acids is 1. The van der Waals surface area contributed by atoms with Crippen LogP contribution in [-0.4, -0.2) is 33.6 Å². The van der Waals surface area contributed by atoms with E-state index in [9.17, 15) is 4.79 Å². The normalized spacial score (nSPS) is 17.3. The molecule has 1 aromatic carbocycles. The van der Waals surface area contributed by atoms with Gasteiger partial charge in [-0.05, 0) is 37.6 Å². The average molecular weight is 341 g/mol. The number of aromatic nitrogens is 2. The Morgan fingerprint density at radius 3 is 2.79 bits per heavy atom. The minimum Gasteiger partial charge on any atom is -0.398 e. The Labute approximate surface area is 145 Å². The van der Waals surface area contributed by atoms with Crippen LogP contribution in [0, 0.1) is 6.92 Å². The van der Waals surface area contributed by atoms with E-state index in [-0.39, 0.29) is 5.37 Å². The summed E-state index contributed by atoms with van der Waals surface area (Å²) in [5.74, 6) is 0.494. The lowest BCUT2D eigenvalue weighted by Crippen LogP contribution is -2.23. The number of allylic oxidation sites excluding steroid dienone is 1. The van der Waals surface area contributed by atoms with Crippen molar-refractivity contribution in [2.75, 3.05) is 18.1 Å². The third kappa shape index (κ3) is 3.07. The quantitative estimate of drug-likeness (QED) is 0.653. The largest absolute Gasteiger partial charge is 0.398 e. The van der Waals surface area contributed by atoms with Crippen LogP contribution in [0.2, 0.25) is 0 Å². The lowest BCUT2D eigenvalue weighted by molar-refractivity contribution is -0.109. The standard InChI is InChI=1S/C17H19N5OS/c1-10-4-5-12(8-13(10)18)20-17-19-7-6-14(21-17)16-11(2)22(3)15(9-23)24-16/h4-9,15H,18H2,1-3H3,(H,19,20,21). The number of hydrogen-bond donors (Lipinski definition) is 2. The summed E-state index contributed by atoms with van der Waals surface area (Å²) in [5.41, 5.74) is 10.3. The zero-order chi connectivity index (χ0) is 17.3. The first-order chi connectivity index (χ1) is 11.5. The molecule has 7 heteroatoms. The molecular formula is C17H19N5OS. The number of aldehydes is 1. The smallest absolute Gasteiger partial charge is 0.227 e. The molecule has 1 atom stereocenters. The minimum atomic E-state index is -0.205. The second kappa shape index (κ2) is 6.52. The highest BCUT2D eigenvalue weighted by Gasteiger charge is 2.28. The van der Waals surface area contributed by atoms with E-state index in [1.54, 1.807) is 6.20 Å². The van der Waals surface area contributed by atoms with Crippen LogP contribution in [0.25, 0.3) is 4.91 Å². The first-order valence-electron chi connectivity index (χ1n) is 7.52. The predicted molar refractivity (Wildman–Crippen MR) is 98.7 cm³/mol. The summed E-state index contributed by atoms with van der Waals surface area (Å²) in [6.07, 6.45) is 2.65. The van der Waals surface area contributed by atoms with Crippen LogP contribution in [-0.2, 0) is 4.79 Å². The number of nitrogens with zero attached hydrogens (tertiary/aromatic N) is 3. The van der Waals surface area contributed by atoms with Crippen LogP contribution in [0.1, 0.15) is 18.2 Å². The fourth-order valence-corrected chi connectivity index (χ4v) is 3.56. The summed E-state index contributed by atoms with van der Waals surface area (Å²) in [6.45, 7) is 3.95. The minimum absolute atomic E-state index is 0.205. The number of thioether (sulfide) groups is 1. The third-order valence-corrected chi connectivity index (χ3v) is 5.43. The lowest BCUT2D eigenvalue weighted by Gasteiger charge is -2.16. The number of likely N-dealkylation sites (N-methyl/N-ethyl adjacent to an activating group) is 1. The Hall–Kier alpha value is -2.54. The molecule has 0 amide bonds. The molecule has 1 aliphatic rings. The molecule has 0 saturated carbocycles. The van der Waals surface area contributed by atoms with Crippen LogP contribution >= 0.6 is 11.8 Å². The molecule has 0 bridgehead atoms. The predicted octanol–water partition coefficient (Wildman–Crippen LogP) is 3.00. The molecule has 1 unspecified atom stereocenters. The van der Waals surface area contributed by atoms with Crippen molar-refractivity contribution in [2.45, 2.75) is 19.2 Å². The zero-order valence-corrected chi connectivity index (χ0v) is 14.6. The highest BCUT2D eigenvalue weighted by Crippen LogP contribution is 2.41. The van der Waals surface area contributed by atoms with E-state index >= 15 is 0 Å². The van der Waals surface area contributed by atoms with E-state index in [0.717, 1.165) is 39.5 Å². The maximum Gasteiger partial charge on any atom is 0.227 e. The molecule has 0 spiro atoms. The maximum atomic E-state index is 11.2. The number of nitrogens with two attached hydrogens (primary N) is 1. The highest BCUT2D eigenvalue weighted by atomic mass is 32.2. The van der Waals surface area contributed by atoms with Crippen molar-refractivity contribution in [1.82, 2.24) is 14.9 Å². The van der Waals surface area contributed by atoms with Gasteiger partial charge in [-0.25, -0.2) is 9.97 Å². The van der Waals surface area contributed by atoms with Crippen LogP contribution in [0.4, 0.5) is 17.3 Å². The molecule has 0 saturated heterocycles. The van der Waals surface area contributed by atoms with Gasteiger partial charge in [-0.15, -0.1) is 0 Å². The van der Waals surface area contributed by atoms with Crippen molar-refractivity contribution in [2.24, 2.45) is 0 Å². The molecule has 1 aliphatic heterocycles. The zero-order valence-electron chi connectivity index (χ0n) is 13.8. The molecule has 0 aliphatic carbocycles. The van der Waals surface area contributed by atoms with Gasteiger partial charge in [-0.3, -0.25) is 0 Å². The molecule has 3 rings (SSSR count). The second-order valence-corrected chi connectivity index (χ2v) is 6.76. The number of aryl methyl sites for hydroxylation is 1. The molecule has 0 fully saturated rings. The van der Waals surface area contributed by atoms with Gasteiger partial charge in [-0.1, -0.05) is 17.8 Å². The van der Waals surface area contributed by atoms with Gasteiger partial charge in [0.05, 0.1) is 10.6 Å². The second-order valence-electron chi connectivity index (χ2n) is 5.63. The van der Waals surface area contributed by atoms with Crippen molar-refractivity contribution in [3.8, 4) is 0 Å². The molecular weight excluding hydrogens is 322 g/mol. The maximum absolute atomic E-state index is 11.2. The van der Waals surface area contributed by atoms with Crippen molar-refractivity contribution in [3.05, 3.63) is 47.4 Å². The summed E-state index contributed by atoms with van der Waals surface area (Å²) < 4.78 is 0. The fourth-order valence-electron chi connectivity index (χ4n) is 2.39. The van der Waals surface area contributed by atoms with Crippen LogP contribution < -0.4 is 11.1 Å². The number of hydrogen-bond acceptors (Lipinski definition) is 7. The van der Waals surface area contributed by atoms with Crippen LogP contribution in [0.5, 0.6) is 0 Å². The molecule has 2 heterocycles. The van der Waals surface area contributed by atoms with Gasteiger partial charge in [0.15, 0.2) is 6.29 Å². The Morgan fingerprint density at radius 1 is 1.33 bits per heavy atom. The Balaban J connectivity index is 1.87. The summed E-state index contributed by atoms with van der Waals surface area (Å²) >= 11 is 1.50. The Kier molecular flexibility index (Phi) is 4.44. The highest BCUT2D eigenvalue weighted by molar-refractivity contribution is 8.09. The molecule has 1 aromatic heterocycles. The van der Waals surface area contributed by atoms with Crippen molar-refractivity contribution in [1.29, 1.82) is 0 Å². The number of anilines is 3. The topological polar surface area (TPSA) is 84.1 Å². The first kappa shape index (κ1) is 16.3. The molecule has 3 N–H and O–H groups in total. The number of carbonyl (C=O) groups is 1. The molecule has 2 aromatic rings. The van der Waals surface area contributed by atoms with E-state index in [4.69, 9.17) is 5.73 Å².